The zero-order valence-electron chi connectivity index (χ0n) is 10.1. The van der Waals surface area contributed by atoms with E-state index in [1.165, 1.54) is 6.20 Å². The lowest BCUT2D eigenvalue weighted by Crippen LogP contribution is -2.31. The van der Waals surface area contributed by atoms with Crippen LogP contribution in [0.5, 0.6) is 0 Å². The minimum Gasteiger partial charge on any atom is -0.480 e. The summed E-state index contributed by atoms with van der Waals surface area (Å²) in [4.78, 5) is 29.0. The lowest BCUT2D eigenvalue weighted by atomic mass is 10.0. The summed E-state index contributed by atoms with van der Waals surface area (Å²) in [6.45, 7) is 3.83. The van der Waals surface area contributed by atoms with Crippen molar-refractivity contribution < 1.29 is 19.8 Å². The van der Waals surface area contributed by atoms with E-state index < -0.39 is 18.0 Å². The van der Waals surface area contributed by atoms with Crippen LogP contribution in [-0.2, 0) is 4.79 Å². The van der Waals surface area contributed by atoms with Crippen LogP contribution in [0.1, 0.15) is 30.8 Å². The van der Waals surface area contributed by atoms with E-state index in [0.717, 1.165) is 6.20 Å². The Labute approximate surface area is 104 Å². The van der Waals surface area contributed by atoms with Gasteiger partial charge in [-0.3, -0.25) is 0 Å². The first-order valence-electron chi connectivity index (χ1n) is 5.44. The van der Waals surface area contributed by atoms with Crippen LogP contribution < -0.4 is 5.32 Å². The number of carboxylic acid groups (broad SMARTS) is 2. The second kappa shape index (κ2) is 5.95. The summed E-state index contributed by atoms with van der Waals surface area (Å²) in [5, 5.41) is 20.4. The Kier molecular flexibility index (Phi) is 4.59. The Balaban J connectivity index is 2.75. The molecule has 1 rings (SSSR count). The maximum atomic E-state index is 11.0. The van der Waals surface area contributed by atoms with Crippen LogP contribution in [0, 0.1) is 5.92 Å². The third-order valence-electron chi connectivity index (χ3n) is 2.20. The number of nitrogens with zero attached hydrogens (tertiary/aromatic N) is 2. The quantitative estimate of drug-likeness (QED) is 0.695. The van der Waals surface area contributed by atoms with E-state index >= 15 is 0 Å². The summed E-state index contributed by atoms with van der Waals surface area (Å²) < 4.78 is 0. The summed E-state index contributed by atoms with van der Waals surface area (Å²) in [7, 11) is 0. The molecule has 1 heterocycles. The summed E-state index contributed by atoms with van der Waals surface area (Å²) in [6.07, 6.45) is 2.73. The molecule has 3 N–H and O–H groups in total. The van der Waals surface area contributed by atoms with Gasteiger partial charge in [-0.1, -0.05) is 13.8 Å². The topological polar surface area (TPSA) is 112 Å². The fraction of sp³-hybridized carbons (Fsp3) is 0.455. The van der Waals surface area contributed by atoms with Gasteiger partial charge in [0.05, 0.1) is 12.4 Å². The van der Waals surface area contributed by atoms with Crippen molar-refractivity contribution in [3.8, 4) is 0 Å². The van der Waals surface area contributed by atoms with E-state index in [4.69, 9.17) is 10.2 Å². The van der Waals surface area contributed by atoms with Gasteiger partial charge in [0.15, 0.2) is 5.69 Å². The number of anilines is 1. The molecule has 0 amide bonds. The fourth-order valence-corrected chi connectivity index (χ4v) is 1.38. The molecule has 1 aromatic heterocycles. The van der Waals surface area contributed by atoms with Crippen molar-refractivity contribution in [1.29, 1.82) is 0 Å². The SMILES string of the molecule is CC(C)C[C@@H](Nc1cnc(C(=O)O)cn1)C(=O)O. The maximum Gasteiger partial charge on any atom is 0.356 e. The summed E-state index contributed by atoms with van der Waals surface area (Å²) in [6, 6.07) is -0.769. The number of carbonyl (C=O) groups is 2. The lowest BCUT2D eigenvalue weighted by Gasteiger charge is -2.16. The zero-order chi connectivity index (χ0) is 13.7. The number of hydrogen-bond acceptors (Lipinski definition) is 5. The molecule has 0 aliphatic heterocycles. The van der Waals surface area contributed by atoms with Gasteiger partial charge in [0.2, 0.25) is 0 Å². The fourth-order valence-electron chi connectivity index (χ4n) is 1.38. The molecule has 7 heteroatoms. The van der Waals surface area contributed by atoms with Gasteiger partial charge in [-0.2, -0.15) is 0 Å². The molecule has 0 aliphatic carbocycles. The normalized spacial score (nSPS) is 12.2. The van der Waals surface area contributed by atoms with E-state index in [1.54, 1.807) is 0 Å². The molecule has 7 nitrogen and oxygen atoms in total. The van der Waals surface area contributed by atoms with Gasteiger partial charge in [-0.15, -0.1) is 0 Å². The van der Waals surface area contributed by atoms with Gasteiger partial charge in [-0.25, -0.2) is 19.6 Å². The van der Waals surface area contributed by atoms with Gasteiger partial charge >= 0.3 is 11.9 Å². The molecule has 0 fully saturated rings. The molecule has 98 valence electrons. The number of rotatable bonds is 6. The first kappa shape index (κ1) is 13.9. The van der Waals surface area contributed by atoms with Crippen molar-refractivity contribution in [3.63, 3.8) is 0 Å². The third-order valence-corrected chi connectivity index (χ3v) is 2.20. The predicted octanol–water partition coefficient (Wildman–Crippen LogP) is 1.09. The summed E-state index contributed by atoms with van der Waals surface area (Å²) in [5.41, 5.74) is -0.184. The number of aromatic carboxylic acids is 1. The Hall–Kier alpha value is -2.18. The number of carboxylic acids is 2. The van der Waals surface area contributed by atoms with Crippen molar-refractivity contribution in [3.05, 3.63) is 18.1 Å². The Morgan fingerprint density at radius 1 is 1.28 bits per heavy atom. The Bertz CT molecular complexity index is 430. The van der Waals surface area contributed by atoms with Gasteiger partial charge in [-0.05, 0) is 12.3 Å². The van der Waals surface area contributed by atoms with Crippen LogP contribution in [0.2, 0.25) is 0 Å². The molecule has 18 heavy (non-hydrogen) atoms. The minimum absolute atomic E-state index is 0.184. The minimum atomic E-state index is -1.17. The lowest BCUT2D eigenvalue weighted by molar-refractivity contribution is -0.138. The van der Waals surface area contributed by atoms with E-state index in [2.05, 4.69) is 15.3 Å². The molecular formula is C11H15N3O4. The van der Waals surface area contributed by atoms with E-state index in [0.29, 0.717) is 6.42 Å². The summed E-state index contributed by atoms with van der Waals surface area (Å²) >= 11 is 0. The van der Waals surface area contributed by atoms with Gasteiger partial charge in [0.1, 0.15) is 11.9 Å². The average Bonchev–Trinajstić information content (AvgIpc) is 2.28. The molecule has 0 aliphatic rings. The molecule has 0 unspecified atom stereocenters. The number of hydrogen-bond donors (Lipinski definition) is 3. The molecule has 1 atom stereocenters. The summed E-state index contributed by atoms with van der Waals surface area (Å²) in [5.74, 6) is -1.70. The molecule has 0 saturated heterocycles. The highest BCUT2D eigenvalue weighted by Crippen LogP contribution is 2.10. The van der Waals surface area contributed by atoms with Crippen LogP contribution in [0.4, 0.5) is 5.82 Å². The smallest absolute Gasteiger partial charge is 0.356 e. The predicted molar refractivity (Wildman–Crippen MR) is 63.5 cm³/mol. The van der Waals surface area contributed by atoms with E-state index in [-0.39, 0.29) is 17.4 Å². The van der Waals surface area contributed by atoms with Crippen LogP contribution in [0.15, 0.2) is 12.4 Å². The highest BCUT2D eigenvalue weighted by Gasteiger charge is 2.19. The highest BCUT2D eigenvalue weighted by molar-refractivity contribution is 5.85. The zero-order valence-corrected chi connectivity index (χ0v) is 10.1. The van der Waals surface area contributed by atoms with Gasteiger partial charge in [0.25, 0.3) is 0 Å². The Morgan fingerprint density at radius 2 is 1.94 bits per heavy atom. The second-order valence-corrected chi connectivity index (χ2v) is 4.26. The monoisotopic (exact) mass is 253 g/mol. The van der Waals surface area contributed by atoms with Crippen molar-refractivity contribution in [2.24, 2.45) is 5.92 Å². The molecule has 0 bridgehead atoms. The maximum absolute atomic E-state index is 11.0. The molecule has 0 saturated carbocycles. The highest BCUT2D eigenvalue weighted by atomic mass is 16.4. The van der Waals surface area contributed by atoms with E-state index in [9.17, 15) is 9.59 Å². The number of aromatic nitrogens is 2. The third kappa shape index (κ3) is 4.00. The first-order valence-corrected chi connectivity index (χ1v) is 5.44. The standard InChI is InChI=1S/C11H15N3O4/c1-6(2)3-7(10(15)16)14-9-5-12-8(4-13-9)11(17)18/h4-7H,3H2,1-2H3,(H,13,14)(H,15,16)(H,17,18)/t7-/m1/s1. The first-order chi connectivity index (χ1) is 8.40. The molecule has 0 aromatic carbocycles. The van der Waals surface area contributed by atoms with Gasteiger partial charge in [0, 0.05) is 0 Å². The van der Waals surface area contributed by atoms with E-state index in [1.807, 2.05) is 13.8 Å². The molecule has 0 radical (unpaired) electrons. The molecular weight excluding hydrogens is 238 g/mol. The van der Waals surface area contributed by atoms with Crippen molar-refractivity contribution in [1.82, 2.24) is 9.97 Å². The van der Waals surface area contributed by atoms with Crippen molar-refractivity contribution in [2.45, 2.75) is 26.3 Å². The molecule has 1 aromatic rings. The molecule has 0 spiro atoms. The van der Waals surface area contributed by atoms with Crippen molar-refractivity contribution in [2.75, 3.05) is 5.32 Å². The van der Waals surface area contributed by atoms with Crippen molar-refractivity contribution >= 4 is 17.8 Å². The largest absolute Gasteiger partial charge is 0.480 e. The van der Waals surface area contributed by atoms with Crippen LogP contribution in [0.25, 0.3) is 0 Å². The Morgan fingerprint density at radius 3 is 2.33 bits per heavy atom. The number of aliphatic carboxylic acids is 1. The van der Waals surface area contributed by atoms with Crippen LogP contribution in [0.3, 0.4) is 0 Å². The van der Waals surface area contributed by atoms with Crippen LogP contribution >= 0.6 is 0 Å². The second-order valence-electron chi connectivity index (χ2n) is 4.26. The number of nitrogens with one attached hydrogen (secondary N) is 1. The average molecular weight is 253 g/mol. The van der Waals surface area contributed by atoms with Gasteiger partial charge < -0.3 is 15.5 Å². The van der Waals surface area contributed by atoms with Crippen LogP contribution in [-0.4, -0.2) is 38.2 Å².